The Morgan fingerprint density at radius 2 is 2.06 bits per heavy atom. The van der Waals surface area contributed by atoms with Gasteiger partial charge in [0.05, 0.1) is 12.3 Å². The Hall–Kier alpha value is -2.88. The lowest BCUT2D eigenvalue weighted by atomic mass is 10.2. The van der Waals surface area contributed by atoms with E-state index in [2.05, 4.69) is 48.9 Å². The van der Waals surface area contributed by atoms with Crippen molar-refractivity contribution in [2.75, 3.05) is 42.2 Å². The van der Waals surface area contributed by atoms with Crippen LogP contribution in [0.25, 0.3) is 0 Å². The summed E-state index contributed by atoms with van der Waals surface area (Å²) in [5, 5.41) is 18.3. The van der Waals surface area contributed by atoms with E-state index in [9.17, 15) is 0 Å². The van der Waals surface area contributed by atoms with Gasteiger partial charge in [-0.15, -0.1) is 0 Å². The Balaban J connectivity index is 1.23. The van der Waals surface area contributed by atoms with Crippen LogP contribution in [0.15, 0.2) is 17.3 Å². The molecule has 4 aliphatic rings. The van der Waals surface area contributed by atoms with Crippen molar-refractivity contribution in [1.82, 2.24) is 25.1 Å². The number of nitrogens with zero attached hydrogens (tertiary/aromatic N) is 6. The molecule has 5 heterocycles. The molecule has 0 spiro atoms. The number of piperazine rings is 1. The molecule has 3 unspecified atom stereocenters. The fourth-order valence-corrected chi connectivity index (χ4v) is 4.89. The number of aromatic amines is 1. The van der Waals surface area contributed by atoms with Crippen molar-refractivity contribution in [1.29, 1.82) is 0 Å². The van der Waals surface area contributed by atoms with Gasteiger partial charge in [-0.25, -0.2) is 0 Å². The highest BCUT2D eigenvalue weighted by atomic mass is 16.6. The third kappa shape index (κ3) is 3.80. The Labute approximate surface area is 181 Å². The van der Waals surface area contributed by atoms with Crippen molar-refractivity contribution in [3.8, 4) is 0 Å². The monoisotopic (exact) mass is 423 g/mol. The van der Waals surface area contributed by atoms with Gasteiger partial charge in [-0.1, -0.05) is 5.16 Å². The highest BCUT2D eigenvalue weighted by Crippen LogP contribution is 2.40. The minimum Gasteiger partial charge on any atom is -0.390 e. The Bertz CT molecular complexity index is 998. The Morgan fingerprint density at radius 3 is 2.77 bits per heavy atom. The van der Waals surface area contributed by atoms with Gasteiger partial charge in [0.1, 0.15) is 17.7 Å². The quantitative estimate of drug-likeness (QED) is 0.623. The summed E-state index contributed by atoms with van der Waals surface area (Å²) in [6, 6.07) is 5.24. The number of H-pyrrole nitrogens is 1. The molecule has 0 radical (unpaired) electrons. The van der Waals surface area contributed by atoms with Crippen LogP contribution in [0.4, 0.5) is 23.4 Å². The van der Waals surface area contributed by atoms with Crippen LogP contribution in [0.3, 0.4) is 0 Å². The molecular formula is C21H29N9O. The fraction of sp³-hybridized carbons (Fsp3) is 0.619. The molecule has 2 saturated heterocycles. The van der Waals surface area contributed by atoms with Crippen LogP contribution in [-0.4, -0.2) is 75.6 Å². The zero-order chi connectivity index (χ0) is 20.9. The highest BCUT2D eigenvalue weighted by Gasteiger charge is 2.42. The van der Waals surface area contributed by atoms with Crippen LogP contribution in [0.5, 0.6) is 0 Å². The number of likely N-dealkylation sites (tertiary alicyclic amines) is 1. The molecule has 1 aliphatic carbocycles. The lowest BCUT2D eigenvalue weighted by Crippen LogP contribution is -2.45. The second-order valence-electron chi connectivity index (χ2n) is 9.32. The third-order valence-electron chi connectivity index (χ3n) is 6.76. The Kier molecular flexibility index (Phi) is 4.48. The van der Waals surface area contributed by atoms with Gasteiger partial charge in [0.2, 0.25) is 5.95 Å². The molecule has 2 bridgehead atoms. The molecule has 164 valence electrons. The summed E-state index contributed by atoms with van der Waals surface area (Å²) in [7, 11) is 2.21. The molecule has 2 aromatic heterocycles. The Morgan fingerprint density at radius 1 is 1.16 bits per heavy atom. The van der Waals surface area contributed by atoms with Crippen LogP contribution in [0.1, 0.15) is 44.2 Å². The summed E-state index contributed by atoms with van der Waals surface area (Å²) in [4.78, 5) is 19.9. The van der Waals surface area contributed by atoms with Crippen LogP contribution < -0.4 is 15.5 Å². The molecule has 0 aromatic carbocycles. The van der Waals surface area contributed by atoms with Gasteiger partial charge in [-0.2, -0.15) is 15.1 Å². The molecule has 10 heteroatoms. The number of aromatic nitrogens is 4. The summed E-state index contributed by atoms with van der Waals surface area (Å²) in [6.07, 6.45) is 4.53. The molecule has 3 fully saturated rings. The van der Waals surface area contributed by atoms with E-state index in [0.29, 0.717) is 30.5 Å². The number of anilines is 4. The molecule has 0 amide bonds. The maximum Gasteiger partial charge on any atom is 0.226 e. The van der Waals surface area contributed by atoms with Gasteiger partial charge >= 0.3 is 0 Å². The fourth-order valence-electron chi connectivity index (χ4n) is 4.89. The standard InChI is InChI=1S/C21H29N9O/c1-12-5-16(31-28-12)9-22-21-24-18(23-19-7-17(26-27-19)13-3-4-13)8-20(25-21)30-11-14-6-15(30)10-29(14)2/h7-8,13-16H,3-6,9-11H2,1-2H3,(H3,22,23,24,25,26,27). The van der Waals surface area contributed by atoms with Gasteiger partial charge in [-0.05, 0) is 33.2 Å². The van der Waals surface area contributed by atoms with Gasteiger partial charge < -0.3 is 20.4 Å². The number of likely N-dealkylation sites (N-methyl/N-ethyl adjacent to an activating group) is 1. The summed E-state index contributed by atoms with van der Waals surface area (Å²) in [6.45, 7) is 4.69. The molecule has 3 aliphatic heterocycles. The molecule has 2 aromatic rings. The van der Waals surface area contributed by atoms with E-state index >= 15 is 0 Å². The predicted molar refractivity (Wildman–Crippen MR) is 119 cm³/mol. The first-order valence-electron chi connectivity index (χ1n) is 11.2. The number of hydrogen-bond donors (Lipinski definition) is 3. The zero-order valence-corrected chi connectivity index (χ0v) is 18.0. The SMILES string of the molecule is CC1=NOC(CNc2nc(Nc3cc(C4CC4)[nH]n3)cc(N3CC4CC3CN4C)n2)C1. The normalized spacial score (nSPS) is 27.5. The first kappa shape index (κ1) is 18.9. The lowest BCUT2D eigenvalue weighted by molar-refractivity contribution is 0.0948. The molecule has 1 saturated carbocycles. The predicted octanol–water partition coefficient (Wildman–Crippen LogP) is 2.29. The van der Waals surface area contributed by atoms with Gasteiger partial charge in [-0.3, -0.25) is 10.00 Å². The lowest BCUT2D eigenvalue weighted by Gasteiger charge is -2.33. The number of fused-ring (bicyclic) bond motifs is 2. The van der Waals surface area contributed by atoms with Crippen LogP contribution >= 0.6 is 0 Å². The van der Waals surface area contributed by atoms with E-state index in [1.54, 1.807) is 0 Å². The maximum absolute atomic E-state index is 5.45. The van der Waals surface area contributed by atoms with E-state index in [0.717, 1.165) is 42.7 Å². The third-order valence-corrected chi connectivity index (χ3v) is 6.76. The van der Waals surface area contributed by atoms with E-state index in [1.807, 2.05) is 13.0 Å². The van der Waals surface area contributed by atoms with Crippen molar-refractivity contribution < 1.29 is 4.84 Å². The van der Waals surface area contributed by atoms with Gasteiger partial charge in [0.25, 0.3) is 0 Å². The minimum absolute atomic E-state index is 0.0209. The number of rotatable bonds is 7. The molecular weight excluding hydrogens is 394 g/mol. The van der Waals surface area contributed by atoms with Gasteiger partial charge in [0, 0.05) is 55.3 Å². The largest absolute Gasteiger partial charge is 0.390 e. The van der Waals surface area contributed by atoms with Crippen LogP contribution in [0, 0.1) is 0 Å². The van der Waals surface area contributed by atoms with Crippen molar-refractivity contribution >= 4 is 29.1 Å². The average Bonchev–Trinajstić information content (AvgIpc) is 3.08. The molecule has 3 N–H and O–H groups in total. The second kappa shape index (κ2) is 7.37. The van der Waals surface area contributed by atoms with Crippen molar-refractivity contribution in [2.24, 2.45) is 5.16 Å². The van der Waals surface area contributed by atoms with E-state index < -0.39 is 0 Å². The molecule has 6 rings (SSSR count). The summed E-state index contributed by atoms with van der Waals surface area (Å²) in [5.41, 5.74) is 2.22. The van der Waals surface area contributed by atoms with Crippen molar-refractivity contribution in [2.45, 2.75) is 56.7 Å². The average molecular weight is 424 g/mol. The summed E-state index contributed by atoms with van der Waals surface area (Å²) in [5.74, 6) is 3.73. The molecule has 31 heavy (non-hydrogen) atoms. The molecule has 10 nitrogen and oxygen atoms in total. The second-order valence-corrected chi connectivity index (χ2v) is 9.32. The number of oxime groups is 1. The van der Waals surface area contributed by atoms with Crippen molar-refractivity contribution in [3.05, 3.63) is 17.8 Å². The van der Waals surface area contributed by atoms with E-state index in [-0.39, 0.29) is 6.10 Å². The van der Waals surface area contributed by atoms with E-state index in [4.69, 9.17) is 14.8 Å². The smallest absolute Gasteiger partial charge is 0.226 e. The minimum atomic E-state index is 0.0209. The first-order chi connectivity index (χ1) is 15.1. The van der Waals surface area contributed by atoms with Crippen molar-refractivity contribution in [3.63, 3.8) is 0 Å². The summed E-state index contributed by atoms with van der Waals surface area (Å²) < 4.78 is 0. The topological polar surface area (TPSA) is 107 Å². The molecule has 3 atom stereocenters. The number of nitrogens with one attached hydrogen (secondary N) is 3. The maximum atomic E-state index is 5.45. The summed E-state index contributed by atoms with van der Waals surface area (Å²) >= 11 is 0. The van der Waals surface area contributed by atoms with Crippen LogP contribution in [-0.2, 0) is 4.84 Å². The first-order valence-corrected chi connectivity index (χ1v) is 11.2. The van der Waals surface area contributed by atoms with Crippen LogP contribution in [0.2, 0.25) is 0 Å². The van der Waals surface area contributed by atoms with Gasteiger partial charge in [0.15, 0.2) is 5.82 Å². The number of hydrogen-bond acceptors (Lipinski definition) is 9. The zero-order valence-electron chi connectivity index (χ0n) is 18.0. The highest BCUT2D eigenvalue weighted by molar-refractivity contribution is 5.82. The van der Waals surface area contributed by atoms with E-state index in [1.165, 1.54) is 25.0 Å².